The summed E-state index contributed by atoms with van der Waals surface area (Å²) in [5.74, 6) is 0.756. The first-order valence-corrected chi connectivity index (χ1v) is 8.55. The van der Waals surface area contributed by atoms with E-state index in [2.05, 4.69) is 0 Å². The van der Waals surface area contributed by atoms with Crippen LogP contribution in [-0.4, -0.2) is 25.2 Å². The van der Waals surface area contributed by atoms with Crippen LogP contribution in [0.1, 0.15) is 21.5 Å². The topological polar surface area (TPSA) is 59.0 Å². The molecule has 1 atom stereocenters. The number of nitrogens with zero attached hydrogens (tertiary/aromatic N) is 1. The Kier molecular flexibility index (Phi) is 4.09. The molecule has 0 aliphatic carbocycles. The predicted octanol–water partition coefficient (Wildman–Crippen LogP) is 3.56. The fourth-order valence-corrected chi connectivity index (χ4v) is 3.58. The summed E-state index contributed by atoms with van der Waals surface area (Å²) in [5.41, 5.74) is 0.530. The molecule has 0 saturated carbocycles. The van der Waals surface area contributed by atoms with E-state index < -0.39 is 5.72 Å². The van der Waals surface area contributed by atoms with Gasteiger partial charge >= 0.3 is 0 Å². The quantitative estimate of drug-likeness (QED) is 0.772. The molecule has 1 amide bonds. The minimum atomic E-state index is -1.62. The lowest BCUT2D eigenvalue weighted by Gasteiger charge is -2.35. The molecule has 0 radical (unpaired) electrons. The van der Waals surface area contributed by atoms with Crippen LogP contribution in [0.4, 0.5) is 5.69 Å². The maximum absolute atomic E-state index is 13.2. The summed E-state index contributed by atoms with van der Waals surface area (Å²) < 4.78 is 10.7. The molecule has 1 heterocycles. The van der Waals surface area contributed by atoms with Gasteiger partial charge in [0.05, 0.1) is 19.9 Å². The van der Waals surface area contributed by atoms with Gasteiger partial charge in [0.2, 0.25) is 0 Å². The second kappa shape index (κ2) is 6.45. The number of amides is 1. The Balaban J connectivity index is 1.95. The largest absolute Gasteiger partial charge is 0.493 e. The lowest BCUT2D eigenvalue weighted by Crippen LogP contribution is -2.45. The highest BCUT2D eigenvalue weighted by Gasteiger charge is 2.50. The van der Waals surface area contributed by atoms with E-state index in [1.165, 1.54) is 12.0 Å². The van der Waals surface area contributed by atoms with Gasteiger partial charge in [0.1, 0.15) is 0 Å². The van der Waals surface area contributed by atoms with Gasteiger partial charge in [0.25, 0.3) is 5.91 Å². The minimum absolute atomic E-state index is 0.274. The van der Waals surface area contributed by atoms with Crippen molar-refractivity contribution in [1.82, 2.24) is 0 Å². The van der Waals surface area contributed by atoms with Gasteiger partial charge in [-0.1, -0.05) is 48.5 Å². The Morgan fingerprint density at radius 3 is 2.22 bits per heavy atom. The third-order valence-corrected chi connectivity index (χ3v) is 4.86. The maximum Gasteiger partial charge on any atom is 0.261 e. The average Bonchev–Trinajstić information content (AvgIpc) is 2.96. The third-order valence-electron chi connectivity index (χ3n) is 4.86. The van der Waals surface area contributed by atoms with E-state index in [4.69, 9.17) is 9.47 Å². The van der Waals surface area contributed by atoms with Crippen molar-refractivity contribution in [2.24, 2.45) is 0 Å². The number of rotatable bonds is 4. The van der Waals surface area contributed by atoms with Crippen LogP contribution in [0.3, 0.4) is 0 Å². The number of aliphatic hydroxyl groups is 1. The number of ether oxygens (including phenoxy) is 2. The molecule has 4 rings (SSSR count). The summed E-state index contributed by atoms with van der Waals surface area (Å²) >= 11 is 0. The lowest BCUT2D eigenvalue weighted by molar-refractivity contribution is 0.0703. The Morgan fingerprint density at radius 1 is 0.852 bits per heavy atom. The van der Waals surface area contributed by atoms with E-state index in [1.54, 1.807) is 43.5 Å². The highest BCUT2D eigenvalue weighted by Crippen LogP contribution is 2.46. The van der Waals surface area contributed by atoms with Gasteiger partial charge in [0, 0.05) is 22.8 Å². The zero-order valence-corrected chi connectivity index (χ0v) is 15.0. The molecule has 5 heteroatoms. The molecule has 136 valence electrons. The summed E-state index contributed by atoms with van der Waals surface area (Å²) in [7, 11) is 3.08. The zero-order valence-electron chi connectivity index (χ0n) is 15.0. The van der Waals surface area contributed by atoms with Crippen LogP contribution in [0.2, 0.25) is 0 Å². The highest BCUT2D eigenvalue weighted by molar-refractivity contribution is 6.12. The summed E-state index contributed by atoms with van der Waals surface area (Å²) in [6, 6.07) is 21.4. The molecule has 0 aromatic heterocycles. The maximum atomic E-state index is 13.2. The van der Waals surface area contributed by atoms with Crippen LogP contribution in [0.5, 0.6) is 11.5 Å². The van der Waals surface area contributed by atoms with E-state index in [9.17, 15) is 9.90 Å². The van der Waals surface area contributed by atoms with Crippen LogP contribution < -0.4 is 14.4 Å². The number of anilines is 1. The number of carbonyl (C=O) groups is 1. The first-order valence-electron chi connectivity index (χ1n) is 8.55. The van der Waals surface area contributed by atoms with Crippen molar-refractivity contribution >= 4 is 11.6 Å². The van der Waals surface area contributed by atoms with Gasteiger partial charge in [0.15, 0.2) is 17.2 Å². The van der Waals surface area contributed by atoms with E-state index in [0.717, 1.165) is 0 Å². The SMILES string of the molecule is COc1ccc(N2C(=O)c3ccccc3[C@]2(O)c2ccccc2)cc1OC. The second-order valence-corrected chi connectivity index (χ2v) is 6.26. The zero-order chi connectivity index (χ0) is 19.0. The van der Waals surface area contributed by atoms with Crippen LogP contribution in [-0.2, 0) is 5.72 Å². The molecule has 0 fully saturated rings. The van der Waals surface area contributed by atoms with E-state index in [1.807, 2.05) is 36.4 Å². The first-order chi connectivity index (χ1) is 13.1. The normalized spacial score (nSPS) is 18.3. The number of fused-ring (bicyclic) bond motifs is 1. The Hall–Kier alpha value is -3.31. The van der Waals surface area contributed by atoms with Crippen molar-refractivity contribution in [3.8, 4) is 11.5 Å². The molecular formula is C22H19NO4. The molecule has 0 saturated heterocycles. The first kappa shape index (κ1) is 17.1. The van der Waals surface area contributed by atoms with Crippen molar-refractivity contribution < 1.29 is 19.4 Å². The minimum Gasteiger partial charge on any atom is -0.493 e. The van der Waals surface area contributed by atoms with E-state index in [-0.39, 0.29) is 5.91 Å². The number of benzene rings is 3. The molecule has 3 aromatic rings. The molecule has 0 bridgehead atoms. The molecule has 5 nitrogen and oxygen atoms in total. The Labute approximate surface area is 157 Å². The monoisotopic (exact) mass is 361 g/mol. The third kappa shape index (κ3) is 2.47. The smallest absolute Gasteiger partial charge is 0.261 e. The van der Waals surface area contributed by atoms with Gasteiger partial charge in [-0.05, 0) is 18.2 Å². The molecule has 3 aromatic carbocycles. The second-order valence-electron chi connectivity index (χ2n) is 6.26. The Bertz CT molecular complexity index is 1000. The molecule has 27 heavy (non-hydrogen) atoms. The van der Waals surface area contributed by atoms with Crippen LogP contribution in [0, 0.1) is 0 Å². The van der Waals surface area contributed by atoms with Gasteiger partial charge in [-0.25, -0.2) is 0 Å². The summed E-state index contributed by atoms with van der Waals surface area (Å²) in [5, 5.41) is 11.8. The molecule has 0 unspecified atom stereocenters. The van der Waals surface area contributed by atoms with Crippen molar-refractivity contribution in [1.29, 1.82) is 0 Å². The molecular weight excluding hydrogens is 342 g/mol. The lowest BCUT2D eigenvalue weighted by atomic mass is 9.93. The van der Waals surface area contributed by atoms with Gasteiger partial charge in [-0.3, -0.25) is 9.69 Å². The number of hydrogen-bond donors (Lipinski definition) is 1. The van der Waals surface area contributed by atoms with Crippen molar-refractivity contribution in [2.45, 2.75) is 5.72 Å². The molecule has 1 aliphatic heterocycles. The predicted molar refractivity (Wildman–Crippen MR) is 102 cm³/mol. The van der Waals surface area contributed by atoms with Crippen LogP contribution in [0.15, 0.2) is 72.8 Å². The van der Waals surface area contributed by atoms with Crippen LogP contribution in [0.25, 0.3) is 0 Å². The number of carbonyl (C=O) groups excluding carboxylic acids is 1. The number of hydrogen-bond acceptors (Lipinski definition) is 4. The molecule has 1 aliphatic rings. The summed E-state index contributed by atoms with van der Waals surface area (Å²) in [4.78, 5) is 14.6. The molecule has 0 spiro atoms. The van der Waals surface area contributed by atoms with Crippen molar-refractivity contribution in [3.63, 3.8) is 0 Å². The fraction of sp³-hybridized carbons (Fsp3) is 0.136. The van der Waals surface area contributed by atoms with E-state index >= 15 is 0 Å². The van der Waals surface area contributed by atoms with E-state index in [0.29, 0.717) is 33.9 Å². The van der Waals surface area contributed by atoms with Gasteiger partial charge in [-0.15, -0.1) is 0 Å². The summed E-state index contributed by atoms with van der Waals surface area (Å²) in [6.07, 6.45) is 0. The standard InChI is InChI=1S/C22H19NO4/c1-26-19-13-12-16(14-20(19)27-2)23-21(24)17-10-6-7-11-18(17)22(23,25)15-8-4-3-5-9-15/h3-14,25H,1-2H3/t22-/m1/s1. The van der Waals surface area contributed by atoms with Crippen molar-refractivity contribution in [2.75, 3.05) is 19.1 Å². The van der Waals surface area contributed by atoms with Gasteiger partial charge < -0.3 is 14.6 Å². The van der Waals surface area contributed by atoms with Gasteiger partial charge in [-0.2, -0.15) is 0 Å². The summed E-state index contributed by atoms with van der Waals surface area (Å²) in [6.45, 7) is 0. The highest BCUT2D eigenvalue weighted by atomic mass is 16.5. The van der Waals surface area contributed by atoms with Crippen molar-refractivity contribution in [3.05, 3.63) is 89.5 Å². The average molecular weight is 361 g/mol. The van der Waals surface area contributed by atoms with Crippen LogP contribution >= 0.6 is 0 Å². The fourth-order valence-electron chi connectivity index (χ4n) is 3.58. The Morgan fingerprint density at radius 2 is 1.52 bits per heavy atom. The molecule has 1 N–H and O–H groups in total. The number of methoxy groups -OCH3 is 2.